The lowest BCUT2D eigenvalue weighted by Gasteiger charge is -1.94. The van der Waals surface area contributed by atoms with Crippen LogP contribution in [-0.2, 0) is 0 Å². The van der Waals surface area contributed by atoms with Crippen LogP contribution in [0.3, 0.4) is 0 Å². The van der Waals surface area contributed by atoms with Crippen molar-refractivity contribution in [2.24, 2.45) is 0 Å². The Morgan fingerprint density at radius 1 is 1.25 bits per heavy atom. The Morgan fingerprint density at radius 3 is 2.67 bits per heavy atom. The van der Waals surface area contributed by atoms with Gasteiger partial charge in [-0.15, -0.1) is 10.2 Å². The SMILES string of the molecule is N#CSc1cnnnc1SC#N. The average Bonchev–Trinajstić information content (AvgIpc) is 2.09. The van der Waals surface area contributed by atoms with Gasteiger partial charge >= 0.3 is 0 Å². The van der Waals surface area contributed by atoms with Crippen molar-refractivity contribution in [3.63, 3.8) is 0 Å². The van der Waals surface area contributed by atoms with Gasteiger partial charge in [0.15, 0.2) is 5.03 Å². The van der Waals surface area contributed by atoms with E-state index in [1.54, 1.807) is 0 Å². The normalized spacial score (nSPS) is 8.50. The van der Waals surface area contributed by atoms with E-state index >= 15 is 0 Å². The molecule has 12 heavy (non-hydrogen) atoms. The van der Waals surface area contributed by atoms with Gasteiger partial charge in [0.1, 0.15) is 10.8 Å². The lowest BCUT2D eigenvalue weighted by atomic mass is 10.7. The van der Waals surface area contributed by atoms with Gasteiger partial charge in [-0.2, -0.15) is 10.5 Å². The molecule has 1 aromatic heterocycles. The van der Waals surface area contributed by atoms with Crippen LogP contribution in [0.2, 0.25) is 0 Å². The maximum absolute atomic E-state index is 8.36. The molecule has 0 atom stereocenters. The smallest absolute Gasteiger partial charge is 0.151 e. The Balaban J connectivity index is 2.95. The molecule has 0 fully saturated rings. The fraction of sp³-hybridized carbons (Fsp3) is 0. The van der Waals surface area contributed by atoms with Crippen LogP contribution in [0, 0.1) is 21.3 Å². The van der Waals surface area contributed by atoms with Gasteiger partial charge in [-0.1, -0.05) is 0 Å². The topological polar surface area (TPSA) is 86.2 Å². The fourth-order valence-corrected chi connectivity index (χ4v) is 1.38. The first-order chi connectivity index (χ1) is 5.88. The summed E-state index contributed by atoms with van der Waals surface area (Å²) in [5.41, 5.74) is 0. The van der Waals surface area contributed by atoms with Gasteiger partial charge in [-0.3, -0.25) is 0 Å². The minimum absolute atomic E-state index is 0.416. The highest BCUT2D eigenvalue weighted by atomic mass is 32.2. The Morgan fingerprint density at radius 2 is 2.00 bits per heavy atom. The largest absolute Gasteiger partial charge is 0.185 e. The predicted octanol–water partition coefficient (Wildman–Crippen LogP) is 1.02. The Bertz CT molecular complexity index is 317. The second-order valence-corrected chi connectivity index (χ2v) is 3.09. The third-order valence-corrected chi connectivity index (χ3v) is 2.20. The van der Waals surface area contributed by atoms with Crippen LogP contribution >= 0.6 is 23.5 Å². The van der Waals surface area contributed by atoms with E-state index in [-0.39, 0.29) is 0 Å². The van der Waals surface area contributed by atoms with Crippen molar-refractivity contribution >= 4 is 23.5 Å². The second-order valence-electron chi connectivity index (χ2n) is 1.49. The minimum atomic E-state index is 0.416. The number of thiocyanates is 2. The van der Waals surface area contributed by atoms with E-state index < -0.39 is 0 Å². The monoisotopic (exact) mass is 195 g/mol. The summed E-state index contributed by atoms with van der Waals surface area (Å²) in [6.45, 7) is 0. The first-order valence-electron chi connectivity index (χ1n) is 2.68. The number of rotatable bonds is 2. The van der Waals surface area contributed by atoms with Crippen molar-refractivity contribution in [2.45, 2.75) is 9.92 Å². The number of thioether (sulfide) groups is 2. The molecule has 1 heterocycles. The van der Waals surface area contributed by atoms with Gasteiger partial charge < -0.3 is 0 Å². The van der Waals surface area contributed by atoms with E-state index in [1.807, 2.05) is 10.8 Å². The number of nitriles is 2. The number of aromatic nitrogens is 3. The van der Waals surface area contributed by atoms with Crippen LogP contribution in [0.15, 0.2) is 16.1 Å². The molecule has 0 bridgehead atoms. The highest BCUT2D eigenvalue weighted by Gasteiger charge is 2.05. The standard InChI is InChI=1S/C5HN5S2/c6-2-11-4-1-8-10-9-5(4)12-3-7/h1H. The lowest BCUT2D eigenvalue weighted by Crippen LogP contribution is -1.89. The summed E-state index contributed by atoms with van der Waals surface area (Å²) in [6, 6.07) is 0. The van der Waals surface area contributed by atoms with Gasteiger partial charge in [0, 0.05) is 11.8 Å². The maximum Gasteiger partial charge on any atom is 0.151 e. The Hall–Kier alpha value is -1.31. The highest BCUT2D eigenvalue weighted by Crippen LogP contribution is 2.25. The zero-order chi connectivity index (χ0) is 8.81. The van der Waals surface area contributed by atoms with Gasteiger partial charge in [0.25, 0.3) is 0 Å². The quantitative estimate of drug-likeness (QED) is 0.514. The molecule has 7 heteroatoms. The zero-order valence-corrected chi connectivity index (χ0v) is 7.26. The number of hydrogen-bond acceptors (Lipinski definition) is 7. The Kier molecular flexibility index (Phi) is 3.33. The fourth-order valence-electron chi connectivity index (χ4n) is 0.482. The van der Waals surface area contributed by atoms with Crippen molar-refractivity contribution in [1.82, 2.24) is 15.4 Å². The van der Waals surface area contributed by atoms with Crippen LogP contribution in [0.25, 0.3) is 0 Å². The maximum atomic E-state index is 8.36. The summed E-state index contributed by atoms with van der Waals surface area (Å²) in [5, 5.41) is 31.3. The van der Waals surface area contributed by atoms with Crippen molar-refractivity contribution in [1.29, 1.82) is 10.5 Å². The molecule has 58 valence electrons. The van der Waals surface area contributed by atoms with E-state index in [0.29, 0.717) is 9.92 Å². The van der Waals surface area contributed by atoms with Crippen molar-refractivity contribution in [2.75, 3.05) is 0 Å². The van der Waals surface area contributed by atoms with E-state index in [4.69, 9.17) is 10.5 Å². The lowest BCUT2D eigenvalue weighted by molar-refractivity contribution is 0.766. The van der Waals surface area contributed by atoms with Gasteiger partial charge in [-0.25, -0.2) is 0 Å². The van der Waals surface area contributed by atoms with E-state index in [9.17, 15) is 0 Å². The first kappa shape index (κ1) is 8.78. The van der Waals surface area contributed by atoms with E-state index in [1.165, 1.54) is 6.20 Å². The van der Waals surface area contributed by atoms with Crippen molar-refractivity contribution < 1.29 is 0 Å². The molecule has 0 aromatic carbocycles. The summed E-state index contributed by atoms with van der Waals surface area (Å²) in [7, 11) is 0. The van der Waals surface area contributed by atoms with E-state index in [0.717, 1.165) is 23.5 Å². The predicted molar refractivity (Wildman–Crippen MR) is 42.8 cm³/mol. The highest BCUT2D eigenvalue weighted by molar-refractivity contribution is 8.06. The minimum Gasteiger partial charge on any atom is -0.185 e. The molecule has 0 unspecified atom stereocenters. The summed E-state index contributed by atoms with van der Waals surface area (Å²) >= 11 is 1.77. The summed E-state index contributed by atoms with van der Waals surface area (Å²) < 4.78 is 0. The first-order valence-corrected chi connectivity index (χ1v) is 4.32. The molecule has 1 aromatic rings. The van der Waals surface area contributed by atoms with Gasteiger partial charge in [0.2, 0.25) is 0 Å². The number of hydrogen-bond donors (Lipinski definition) is 0. The molecular formula is C5HN5S2. The van der Waals surface area contributed by atoms with Crippen LogP contribution < -0.4 is 0 Å². The average molecular weight is 195 g/mol. The van der Waals surface area contributed by atoms with Crippen molar-refractivity contribution in [3.8, 4) is 10.8 Å². The third kappa shape index (κ3) is 2.09. The van der Waals surface area contributed by atoms with Crippen molar-refractivity contribution in [3.05, 3.63) is 6.20 Å². The molecule has 0 amide bonds. The molecular weight excluding hydrogens is 194 g/mol. The number of nitrogens with zero attached hydrogens (tertiary/aromatic N) is 5. The molecule has 0 aliphatic rings. The molecule has 0 spiro atoms. The molecule has 0 radical (unpaired) electrons. The second kappa shape index (κ2) is 4.54. The molecule has 1 rings (SSSR count). The summed E-state index contributed by atoms with van der Waals surface area (Å²) in [6.07, 6.45) is 1.40. The van der Waals surface area contributed by atoms with Gasteiger partial charge in [-0.05, 0) is 17.0 Å². The molecule has 0 aliphatic heterocycles. The van der Waals surface area contributed by atoms with E-state index in [2.05, 4.69) is 15.4 Å². The Labute approximate surface area is 76.8 Å². The molecule has 5 nitrogen and oxygen atoms in total. The molecule has 0 saturated carbocycles. The van der Waals surface area contributed by atoms with Crippen LogP contribution in [0.4, 0.5) is 0 Å². The van der Waals surface area contributed by atoms with Crippen LogP contribution in [-0.4, -0.2) is 15.4 Å². The van der Waals surface area contributed by atoms with Crippen LogP contribution in [0.1, 0.15) is 0 Å². The van der Waals surface area contributed by atoms with Gasteiger partial charge in [0.05, 0.1) is 11.1 Å². The summed E-state index contributed by atoms with van der Waals surface area (Å²) in [4.78, 5) is 0.555. The molecule has 0 N–H and O–H groups in total. The molecule has 0 aliphatic carbocycles. The molecule has 0 saturated heterocycles. The summed E-state index contributed by atoms with van der Waals surface area (Å²) in [5.74, 6) is 0. The third-order valence-electron chi connectivity index (χ3n) is 0.871. The zero-order valence-electron chi connectivity index (χ0n) is 5.63. The van der Waals surface area contributed by atoms with Crippen LogP contribution in [0.5, 0.6) is 0 Å².